The van der Waals surface area contributed by atoms with Gasteiger partial charge in [0.25, 0.3) is 11.7 Å². The second kappa shape index (κ2) is 8.22. The highest BCUT2D eigenvalue weighted by atomic mass is 19.1. The SMILES string of the molecule is O=C(O)CCCN1C(=O)C(=O)C(=C(O)c2ccc(F)cc2)[C@@H]1c1cccc(F)c1. The monoisotopic (exact) mass is 401 g/mol. The highest BCUT2D eigenvalue weighted by Crippen LogP contribution is 2.39. The molecule has 1 saturated heterocycles. The van der Waals surface area contributed by atoms with Crippen molar-refractivity contribution in [3.05, 3.63) is 76.9 Å². The molecule has 0 bridgehead atoms. The van der Waals surface area contributed by atoms with E-state index in [1.54, 1.807) is 0 Å². The van der Waals surface area contributed by atoms with Crippen LogP contribution < -0.4 is 0 Å². The van der Waals surface area contributed by atoms with E-state index >= 15 is 0 Å². The fourth-order valence-electron chi connectivity index (χ4n) is 3.30. The molecule has 6 nitrogen and oxygen atoms in total. The Morgan fingerprint density at radius 1 is 1.00 bits per heavy atom. The summed E-state index contributed by atoms with van der Waals surface area (Å²) < 4.78 is 27.0. The number of halogens is 2. The summed E-state index contributed by atoms with van der Waals surface area (Å²) in [6.07, 6.45) is -0.151. The van der Waals surface area contributed by atoms with E-state index < -0.39 is 41.1 Å². The Bertz CT molecular complexity index is 1000. The lowest BCUT2D eigenvalue weighted by molar-refractivity contribution is -0.140. The minimum absolute atomic E-state index is 0.0712. The number of Topliss-reactive ketones (excluding diaryl/α,β-unsaturated/α-hetero) is 1. The largest absolute Gasteiger partial charge is 0.507 e. The van der Waals surface area contributed by atoms with Gasteiger partial charge in [-0.05, 0) is 48.4 Å². The van der Waals surface area contributed by atoms with Crippen LogP contribution in [0.15, 0.2) is 54.1 Å². The number of carbonyl (C=O) groups is 3. The Morgan fingerprint density at radius 2 is 1.69 bits per heavy atom. The van der Waals surface area contributed by atoms with Gasteiger partial charge in [-0.1, -0.05) is 12.1 Å². The molecule has 0 aromatic heterocycles. The fourth-order valence-corrected chi connectivity index (χ4v) is 3.30. The second-order valence-electron chi connectivity index (χ2n) is 6.55. The molecular formula is C21H17F2NO5. The molecule has 1 aliphatic heterocycles. The van der Waals surface area contributed by atoms with E-state index in [0.29, 0.717) is 0 Å². The van der Waals surface area contributed by atoms with Crippen LogP contribution in [0, 0.1) is 11.6 Å². The number of benzene rings is 2. The number of aliphatic hydroxyl groups excluding tert-OH is 1. The van der Waals surface area contributed by atoms with Crippen LogP contribution in [0.2, 0.25) is 0 Å². The summed E-state index contributed by atoms with van der Waals surface area (Å²) in [6.45, 7) is -0.0712. The molecule has 8 heteroatoms. The maximum Gasteiger partial charge on any atom is 0.303 e. The van der Waals surface area contributed by atoms with Crippen LogP contribution in [-0.4, -0.2) is 39.3 Å². The molecule has 2 N–H and O–H groups in total. The van der Waals surface area contributed by atoms with Crippen LogP contribution >= 0.6 is 0 Å². The number of carboxylic acids is 1. The summed E-state index contributed by atoms with van der Waals surface area (Å²) in [5, 5.41) is 19.5. The van der Waals surface area contributed by atoms with E-state index in [1.807, 2.05) is 0 Å². The van der Waals surface area contributed by atoms with Crippen LogP contribution in [0.4, 0.5) is 8.78 Å². The van der Waals surface area contributed by atoms with Crippen molar-refractivity contribution in [2.75, 3.05) is 6.54 Å². The summed E-state index contributed by atoms with van der Waals surface area (Å²) in [5.74, 6) is -4.61. The molecule has 1 heterocycles. The lowest BCUT2D eigenvalue weighted by Gasteiger charge is -2.25. The second-order valence-corrected chi connectivity index (χ2v) is 6.55. The lowest BCUT2D eigenvalue weighted by atomic mass is 9.95. The van der Waals surface area contributed by atoms with Gasteiger partial charge >= 0.3 is 5.97 Å². The van der Waals surface area contributed by atoms with Crippen LogP contribution in [-0.2, 0) is 14.4 Å². The minimum Gasteiger partial charge on any atom is -0.507 e. The van der Waals surface area contributed by atoms with Gasteiger partial charge < -0.3 is 15.1 Å². The summed E-state index contributed by atoms with van der Waals surface area (Å²) in [4.78, 5) is 37.2. The molecular weight excluding hydrogens is 384 g/mol. The zero-order chi connectivity index (χ0) is 21.1. The van der Waals surface area contributed by atoms with E-state index in [2.05, 4.69) is 0 Å². The average molecular weight is 401 g/mol. The Labute approximate surface area is 164 Å². The van der Waals surface area contributed by atoms with Crippen LogP contribution in [0.25, 0.3) is 5.76 Å². The van der Waals surface area contributed by atoms with Gasteiger partial charge in [0.15, 0.2) is 0 Å². The molecule has 0 saturated carbocycles. The molecule has 3 rings (SSSR count). The zero-order valence-corrected chi connectivity index (χ0v) is 15.1. The third-order valence-electron chi connectivity index (χ3n) is 4.61. The van der Waals surface area contributed by atoms with Gasteiger partial charge in [-0.25, -0.2) is 8.78 Å². The number of hydrogen-bond acceptors (Lipinski definition) is 4. The third-order valence-corrected chi connectivity index (χ3v) is 4.61. The molecule has 0 radical (unpaired) electrons. The number of aliphatic hydroxyl groups is 1. The summed E-state index contributed by atoms with van der Waals surface area (Å²) >= 11 is 0. The van der Waals surface area contributed by atoms with Crippen LogP contribution in [0.5, 0.6) is 0 Å². The molecule has 0 spiro atoms. The van der Waals surface area contributed by atoms with Gasteiger partial charge in [0.2, 0.25) is 0 Å². The number of likely N-dealkylation sites (tertiary alicyclic amines) is 1. The topological polar surface area (TPSA) is 94.9 Å². The van der Waals surface area contributed by atoms with E-state index in [9.17, 15) is 28.3 Å². The Morgan fingerprint density at radius 3 is 2.31 bits per heavy atom. The van der Waals surface area contributed by atoms with Crippen molar-refractivity contribution in [1.29, 1.82) is 0 Å². The van der Waals surface area contributed by atoms with Gasteiger partial charge in [0, 0.05) is 18.5 Å². The van der Waals surface area contributed by atoms with Gasteiger partial charge in [-0.3, -0.25) is 14.4 Å². The maximum atomic E-state index is 13.8. The average Bonchev–Trinajstić information content (AvgIpc) is 2.93. The van der Waals surface area contributed by atoms with E-state index in [-0.39, 0.29) is 36.1 Å². The Hall–Kier alpha value is -3.55. The fraction of sp³-hybridized carbons (Fsp3) is 0.190. The first-order chi connectivity index (χ1) is 13.8. The molecule has 0 aliphatic carbocycles. The number of carbonyl (C=O) groups excluding carboxylic acids is 2. The van der Waals surface area contributed by atoms with Gasteiger partial charge in [0.05, 0.1) is 11.6 Å². The van der Waals surface area contributed by atoms with E-state index in [1.165, 1.54) is 30.3 Å². The number of nitrogens with zero attached hydrogens (tertiary/aromatic N) is 1. The molecule has 0 unspecified atom stereocenters. The molecule has 2 aromatic carbocycles. The van der Waals surface area contributed by atoms with Gasteiger partial charge in [-0.15, -0.1) is 0 Å². The van der Waals surface area contributed by atoms with Gasteiger partial charge in [0.1, 0.15) is 17.4 Å². The first-order valence-corrected chi connectivity index (χ1v) is 8.81. The predicted octanol–water partition coefficient (Wildman–Crippen LogP) is 3.25. The first kappa shape index (κ1) is 20.2. The van der Waals surface area contributed by atoms with Crippen molar-refractivity contribution >= 4 is 23.4 Å². The number of hydrogen-bond donors (Lipinski definition) is 2. The number of aliphatic carboxylic acids is 1. The summed E-state index contributed by atoms with van der Waals surface area (Å²) in [5.41, 5.74) is 0.113. The highest BCUT2D eigenvalue weighted by Gasteiger charge is 2.45. The minimum atomic E-state index is -1.09. The van der Waals surface area contributed by atoms with Crippen molar-refractivity contribution in [3.63, 3.8) is 0 Å². The van der Waals surface area contributed by atoms with Crippen molar-refractivity contribution in [3.8, 4) is 0 Å². The summed E-state index contributed by atoms with van der Waals surface area (Å²) in [6, 6.07) is 8.84. The van der Waals surface area contributed by atoms with E-state index in [0.717, 1.165) is 23.1 Å². The molecule has 150 valence electrons. The standard InChI is InChI=1S/C21H17F2NO5/c22-14-8-6-12(7-9-14)19(27)17-18(13-3-1-4-15(23)11-13)24(21(29)20(17)28)10-2-5-16(25)26/h1,3-4,6-9,11,18,27H,2,5,10H2,(H,25,26)/t18-/m0/s1. The Kier molecular flexibility index (Phi) is 5.72. The number of ketones is 1. The quantitative estimate of drug-likeness (QED) is 0.440. The molecule has 29 heavy (non-hydrogen) atoms. The maximum absolute atomic E-state index is 13.8. The van der Waals surface area contributed by atoms with Crippen LogP contribution in [0.3, 0.4) is 0 Å². The third kappa shape index (κ3) is 4.16. The van der Waals surface area contributed by atoms with Crippen molar-refractivity contribution in [1.82, 2.24) is 4.90 Å². The lowest BCUT2D eigenvalue weighted by Crippen LogP contribution is -2.31. The van der Waals surface area contributed by atoms with Gasteiger partial charge in [-0.2, -0.15) is 0 Å². The zero-order valence-electron chi connectivity index (χ0n) is 15.1. The molecule has 1 aliphatic rings. The van der Waals surface area contributed by atoms with Crippen LogP contribution in [0.1, 0.15) is 30.0 Å². The van der Waals surface area contributed by atoms with Crippen molar-refractivity contribution in [2.24, 2.45) is 0 Å². The van der Waals surface area contributed by atoms with Crippen molar-refractivity contribution in [2.45, 2.75) is 18.9 Å². The normalized spacial score (nSPS) is 18.3. The van der Waals surface area contributed by atoms with E-state index in [4.69, 9.17) is 5.11 Å². The predicted molar refractivity (Wildman–Crippen MR) is 98.7 cm³/mol. The highest BCUT2D eigenvalue weighted by molar-refractivity contribution is 6.46. The molecule has 1 amide bonds. The number of rotatable bonds is 6. The Balaban J connectivity index is 2.10. The molecule has 2 aromatic rings. The smallest absolute Gasteiger partial charge is 0.303 e. The summed E-state index contributed by atoms with van der Waals surface area (Å²) in [7, 11) is 0. The first-order valence-electron chi connectivity index (χ1n) is 8.81. The number of carboxylic acid groups (broad SMARTS) is 1. The van der Waals surface area contributed by atoms with Crippen molar-refractivity contribution < 1.29 is 33.4 Å². The molecule has 1 atom stereocenters. The number of amides is 1. The molecule has 1 fully saturated rings.